The number of methoxy groups -OCH3 is 1. The first-order valence-corrected chi connectivity index (χ1v) is 6.15. The van der Waals surface area contributed by atoms with E-state index in [2.05, 4.69) is 15.0 Å². The SMILES string of the molecule is CCc1nc(=S)c(C)c(-c2cncc(OC)c2)[nH]1. The van der Waals surface area contributed by atoms with Crippen molar-refractivity contribution in [2.45, 2.75) is 20.3 Å². The second-order valence-corrected chi connectivity index (χ2v) is 4.34. The van der Waals surface area contributed by atoms with E-state index in [1.165, 1.54) is 0 Å². The third kappa shape index (κ3) is 2.41. The van der Waals surface area contributed by atoms with Crippen molar-refractivity contribution in [2.24, 2.45) is 0 Å². The zero-order valence-electron chi connectivity index (χ0n) is 10.7. The molecule has 0 aliphatic rings. The summed E-state index contributed by atoms with van der Waals surface area (Å²) in [7, 11) is 1.62. The van der Waals surface area contributed by atoms with Gasteiger partial charge in [-0.1, -0.05) is 19.1 Å². The Morgan fingerprint density at radius 3 is 2.83 bits per heavy atom. The lowest BCUT2D eigenvalue weighted by Gasteiger charge is -2.09. The lowest BCUT2D eigenvalue weighted by molar-refractivity contribution is 0.413. The van der Waals surface area contributed by atoms with E-state index in [4.69, 9.17) is 17.0 Å². The number of pyridine rings is 1. The summed E-state index contributed by atoms with van der Waals surface area (Å²) in [6.45, 7) is 4.00. The first kappa shape index (κ1) is 12.7. The molecular formula is C13H15N3OS. The molecule has 0 saturated heterocycles. The van der Waals surface area contributed by atoms with Gasteiger partial charge in [0.2, 0.25) is 0 Å². The molecule has 0 aliphatic carbocycles. The molecular weight excluding hydrogens is 246 g/mol. The Bertz CT molecular complexity index is 622. The number of nitrogens with zero attached hydrogens (tertiary/aromatic N) is 2. The van der Waals surface area contributed by atoms with Gasteiger partial charge in [-0.3, -0.25) is 4.98 Å². The van der Waals surface area contributed by atoms with E-state index < -0.39 is 0 Å². The predicted molar refractivity (Wildman–Crippen MR) is 73.3 cm³/mol. The maximum Gasteiger partial charge on any atom is 0.137 e. The Hall–Kier alpha value is -1.75. The Balaban J connectivity index is 2.62. The molecule has 0 aliphatic heterocycles. The minimum atomic E-state index is 0.628. The summed E-state index contributed by atoms with van der Waals surface area (Å²) in [5, 5.41) is 0. The van der Waals surface area contributed by atoms with Gasteiger partial charge in [0.1, 0.15) is 16.2 Å². The van der Waals surface area contributed by atoms with Crippen LogP contribution in [0.5, 0.6) is 5.75 Å². The molecule has 0 spiro atoms. The number of aryl methyl sites for hydroxylation is 1. The molecule has 0 bridgehead atoms. The van der Waals surface area contributed by atoms with Gasteiger partial charge in [0.25, 0.3) is 0 Å². The summed E-state index contributed by atoms with van der Waals surface area (Å²) in [6, 6.07) is 1.93. The zero-order valence-corrected chi connectivity index (χ0v) is 11.5. The van der Waals surface area contributed by atoms with Crippen molar-refractivity contribution in [2.75, 3.05) is 7.11 Å². The topological polar surface area (TPSA) is 50.8 Å². The highest BCUT2D eigenvalue weighted by molar-refractivity contribution is 7.71. The highest BCUT2D eigenvalue weighted by atomic mass is 32.1. The van der Waals surface area contributed by atoms with Crippen LogP contribution in [0.15, 0.2) is 18.5 Å². The number of rotatable bonds is 3. The van der Waals surface area contributed by atoms with Crippen molar-refractivity contribution in [3.8, 4) is 17.0 Å². The maximum absolute atomic E-state index is 5.27. The van der Waals surface area contributed by atoms with Crippen molar-refractivity contribution >= 4 is 12.2 Å². The first-order chi connectivity index (χ1) is 8.65. The standard InChI is InChI=1S/C13H15N3OS/c1-4-11-15-12(8(2)13(18)16-11)9-5-10(17-3)7-14-6-9/h5-7H,4H2,1-3H3,(H,15,16,18). The van der Waals surface area contributed by atoms with Gasteiger partial charge in [-0.05, 0) is 13.0 Å². The van der Waals surface area contributed by atoms with Crippen LogP contribution < -0.4 is 4.74 Å². The highest BCUT2D eigenvalue weighted by Gasteiger charge is 2.08. The molecule has 0 atom stereocenters. The molecule has 0 aromatic carbocycles. The Morgan fingerprint density at radius 1 is 1.39 bits per heavy atom. The van der Waals surface area contributed by atoms with Crippen LogP contribution in [-0.2, 0) is 6.42 Å². The third-order valence-corrected chi connectivity index (χ3v) is 3.17. The molecule has 2 aromatic rings. The van der Waals surface area contributed by atoms with Gasteiger partial charge in [-0.15, -0.1) is 0 Å². The second-order valence-electron chi connectivity index (χ2n) is 3.96. The maximum atomic E-state index is 5.27. The van der Waals surface area contributed by atoms with Crippen LogP contribution in [0.4, 0.5) is 0 Å². The van der Waals surface area contributed by atoms with Crippen LogP contribution in [0.3, 0.4) is 0 Å². The number of nitrogens with one attached hydrogen (secondary N) is 1. The lowest BCUT2D eigenvalue weighted by atomic mass is 10.1. The predicted octanol–water partition coefficient (Wildman–Crippen LogP) is 3.08. The van der Waals surface area contributed by atoms with Crippen molar-refractivity contribution in [3.05, 3.63) is 34.5 Å². The fourth-order valence-corrected chi connectivity index (χ4v) is 1.91. The number of hydrogen-bond acceptors (Lipinski definition) is 4. The number of hydrogen-bond donors (Lipinski definition) is 1. The van der Waals surface area contributed by atoms with Gasteiger partial charge in [-0.25, -0.2) is 4.98 Å². The number of aromatic nitrogens is 3. The quantitative estimate of drug-likeness (QED) is 0.863. The summed E-state index contributed by atoms with van der Waals surface area (Å²) in [5.41, 5.74) is 2.87. The van der Waals surface area contributed by atoms with Crippen molar-refractivity contribution < 1.29 is 4.74 Å². The first-order valence-electron chi connectivity index (χ1n) is 5.75. The van der Waals surface area contributed by atoms with Crippen LogP contribution >= 0.6 is 12.2 Å². The fraction of sp³-hybridized carbons (Fsp3) is 0.308. The average molecular weight is 261 g/mol. The van der Waals surface area contributed by atoms with Gasteiger partial charge < -0.3 is 9.72 Å². The van der Waals surface area contributed by atoms with E-state index in [0.717, 1.165) is 34.8 Å². The monoisotopic (exact) mass is 261 g/mol. The van der Waals surface area contributed by atoms with Crippen LogP contribution in [0, 0.1) is 11.6 Å². The molecule has 2 rings (SSSR count). The molecule has 0 amide bonds. The van der Waals surface area contributed by atoms with Crippen molar-refractivity contribution in [1.82, 2.24) is 15.0 Å². The van der Waals surface area contributed by atoms with Gasteiger partial charge in [0.05, 0.1) is 19.0 Å². The Kier molecular flexibility index (Phi) is 3.72. The van der Waals surface area contributed by atoms with Crippen LogP contribution in [-0.4, -0.2) is 22.1 Å². The molecule has 0 unspecified atom stereocenters. The van der Waals surface area contributed by atoms with Crippen LogP contribution in [0.1, 0.15) is 18.3 Å². The molecule has 4 nitrogen and oxygen atoms in total. The number of ether oxygens (including phenoxy) is 1. The summed E-state index contributed by atoms with van der Waals surface area (Å²) in [4.78, 5) is 11.8. The van der Waals surface area contributed by atoms with E-state index in [0.29, 0.717) is 4.64 Å². The van der Waals surface area contributed by atoms with Crippen LogP contribution in [0.25, 0.3) is 11.3 Å². The molecule has 1 N–H and O–H groups in total. The van der Waals surface area contributed by atoms with Gasteiger partial charge in [-0.2, -0.15) is 0 Å². The van der Waals surface area contributed by atoms with E-state index >= 15 is 0 Å². The minimum absolute atomic E-state index is 0.628. The molecule has 18 heavy (non-hydrogen) atoms. The summed E-state index contributed by atoms with van der Waals surface area (Å²) in [5.74, 6) is 1.60. The molecule has 5 heteroatoms. The molecule has 2 heterocycles. The number of H-pyrrole nitrogens is 1. The van der Waals surface area contributed by atoms with Gasteiger partial charge in [0.15, 0.2) is 0 Å². The van der Waals surface area contributed by atoms with E-state index in [1.54, 1.807) is 19.5 Å². The summed E-state index contributed by atoms with van der Waals surface area (Å²) >= 11 is 5.27. The Morgan fingerprint density at radius 2 is 2.17 bits per heavy atom. The van der Waals surface area contributed by atoms with Crippen molar-refractivity contribution in [3.63, 3.8) is 0 Å². The van der Waals surface area contributed by atoms with E-state index in [1.807, 2.05) is 19.9 Å². The zero-order chi connectivity index (χ0) is 13.1. The second kappa shape index (κ2) is 5.27. The van der Waals surface area contributed by atoms with Gasteiger partial charge >= 0.3 is 0 Å². The smallest absolute Gasteiger partial charge is 0.137 e. The molecule has 0 fully saturated rings. The largest absolute Gasteiger partial charge is 0.495 e. The van der Waals surface area contributed by atoms with E-state index in [9.17, 15) is 0 Å². The molecule has 0 saturated carbocycles. The average Bonchev–Trinajstić information content (AvgIpc) is 2.41. The fourth-order valence-electron chi connectivity index (χ4n) is 1.70. The van der Waals surface area contributed by atoms with E-state index in [-0.39, 0.29) is 0 Å². The normalized spacial score (nSPS) is 10.4. The summed E-state index contributed by atoms with van der Waals surface area (Å²) < 4.78 is 5.81. The van der Waals surface area contributed by atoms with Crippen molar-refractivity contribution in [1.29, 1.82) is 0 Å². The minimum Gasteiger partial charge on any atom is -0.495 e. The molecule has 0 radical (unpaired) electrons. The molecule has 2 aromatic heterocycles. The highest BCUT2D eigenvalue weighted by Crippen LogP contribution is 2.24. The van der Waals surface area contributed by atoms with Gasteiger partial charge in [0, 0.05) is 23.7 Å². The van der Waals surface area contributed by atoms with Crippen LogP contribution in [0.2, 0.25) is 0 Å². The lowest BCUT2D eigenvalue weighted by Crippen LogP contribution is -1.99. The Labute approximate surface area is 111 Å². The third-order valence-electron chi connectivity index (χ3n) is 2.77. The molecule has 94 valence electrons. The summed E-state index contributed by atoms with van der Waals surface area (Å²) in [6.07, 6.45) is 4.28. The number of aromatic amines is 1.